The summed E-state index contributed by atoms with van der Waals surface area (Å²) in [5.74, 6) is 1.11. The summed E-state index contributed by atoms with van der Waals surface area (Å²) >= 11 is 0. The van der Waals surface area contributed by atoms with Crippen LogP contribution in [-0.2, 0) is 4.79 Å². The summed E-state index contributed by atoms with van der Waals surface area (Å²) in [5, 5.41) is 0. The van der Waals surface area contributed by atoms with Gasteiger partial charge in [-0.25, -0.2) is 0 Å². The number of hydrogen-bond donors (Lipinski definition) is 1. The fraction of sp³-hybridized carbons (Fsp3) is 0.833. The van der Waals surface area contributed by atoms with Gasteiger partial charge in [-0.2, -0.15) is 0 Å². The SMILES string of the molecule is C[C@@H]1C(C(N)=O)[C@@H]1C. The van der Waals surface area contributed by atoms with Crippen LogP contribution < -0.4 is 5.73 Å². The second-order valence-electron chi connectivity index (χ2n) is 2.65. The van der Waals surface area contributed by atoms with Gasteiger partial charge in [-0.1, -0.05) is 13.8 Å². The Kier molecular flexibility index (Phi) is 1.03. The minimum atomic E-state index is -0.134. The van der Waals surface area contributed by atoms with Crippen LogP contribution in [0.25, 0.3) is 0 Å². The van der Waals surface area contributed by atoms with Crippen molar-refractivity contribution >= 4 is 5.91 Å². The van der Waals surface area contributed by atoms with Gasteiger partial charge in [0.1, 0.15) is 0 Å². The highest BCUT2D eigenvalue weighted by Gasteiger charge is 2.46. The molecule has 0 spiro atoms. The van der Waals surface area contributed by atoms with Crippen molar-refractivity contribution in [3.05, 3.63) is 0 Å². The molecule has 2 nitrogen and oxygen atoms in total. The zero-order valence-electron chi connectivity index (χ0n) is 5.22. The molecular weight excluding hydrogens is 102 g/mol. The molecule has 0 aliphatic heterocycles. The summed E-state index contributed by atoms with van der Waals surface area (Å²) in [6.07, 6.45) is 0. The Bertz CT molecular complexity index is 114. The third-order valence-electron chi connectivity index (χ3n) is 2.15. The summed E-state index contributed by atoms with van der Waals surface area (Å²) in [6, 6.07) is 0. The highest BCUT2D eigenvalue weighted by molar-refractivity contribution is 5.80. The first kappa shape index (κ1) is 5.60. The lowest BCUT2D eigenvalue weighted by atomic mass is 10.3. The van der Waals surface area contributed by atoms with Gasteiger partial charge in [0.05, 0.1) is 0 Å². The van der Waals surface area contributed by atoms with Crippen LogP contribution in [0.3, 0.4) is 0 Å². The van der Waals surface area contributed by atoms with E-state index in [1.807, 2.05) is 0 Å². The normalized spacial score (nSPS) is 44.0. The molecule has 1 aliphatic carbocycles. The lowest BCUT2D eigenvalue weighted by molar-refractivity contribution is -0.119. The fourth-order valence-electron chi connectivity index (χ4n) is 1.18. The third-order valence-corrected chi connectivity index (χ3v) is 2.15. The molecule has 1 amide bonds. The monoisotopic (exact) mass is 113 g/mol. The number of hydrogen-bond acceptors (Lipinski definition) is 1. The standard InChI is InChI=1S/C6H11NO/c1-3-4(2)5(3)6(7)8/h3-5H,1-2H3,(H2,7,8)/t3-,4+,5?. The van der Waals surface area contributed by atoms with E-state index >= 15 is 0 Å². The fourth-order valence-corrected chi connectivity index (χ4v) is 1.18. The highest BCUT2D eigenvalue weighted by atomic mass is 16.1. The summed E-state index contributed by atoms with van der Waals surface area (Å²) < 4.78 is 0. The quantitative estimate of drug-likeness (QED) is 0.524. The molecule has 0 aromatic rings. The number of nitrogens with two attached hydrogens (primary N) is 1. The first-order valence-electron chi connectivity index (χ1n) is 2.94. The average Bonchev–Trinajstić information content (AvgIpc) is 2.15. The van der Waals surface area contributed by atoms with Crippen molar-refractivity contribution in [2.24, 2.45) is 23.5 Å². The van der Waals surface area contributed by atoms with Crippen LogP contribution in [0, 0.1) is 17.8 Å². The number of amides is 1. The smallest absolute Gasteiger partial charge is 0.221 e. The average molecular weight is 113 g/mol. The Balaban J connectivity index is 2.44. The zero-order valence-corrected chi connectivity index (χ0v) is 5.22. The Labute approximate surface area is 49.1 Å². The first-order chi connectivity index (χ1) is 3.64. The minimum absolute atomic E-state index is 0.134. The highest BCUT2D eigenvalue weighted by Crippen LogP contribution is 2.44. The molecule has 46 valence electrons. The molecule has 0 bridgehead atoms. The van der Waals surface area contributed by atoms with Crippen LogP contribution in [-0.4, -0.2) is 5.91 Å². The zero-order chi connectivity index (χ0) is 6.31. The second-order valence-corrected chi connectivity index (χ2v) is 2.65. The summed E-state index contributed by atoms with van der Waals surface area (Å²) in [5.41, 5.74) is 5.04. The number of carbonyl (C=O) groups is 1. The molecule has 0 aromatic carbocycles. The topological polar surface area (TPSA) is 43.1 Å². The molecular formula is C6H11NO. The van der Waals surface area contributed by atoms with Crippen LogP contribution in [0.1, 0.15) is 13.8 Å². The van der Waals surface area contributed by atoms with Crippen molar-refractivity contribution < 1.29 is 4.79 Å². The van der Waals surface area contributed by atoms with E-state index in [9.17, 15) is 4.79 Å². The molecule has 3 atom stereocenters. The van der Waals surface area contributed by atoms with Gasteiger partial charge < -0.3 is 5.73 Å². The lowest BCUT2D eigenvalue weighted by Gasteiger charge is -1.82. The minimum Gasteiger partial charge on any atom is -0.369 e. The van der Waals surface area contributed by atoms with E-state index in [0.29, 0.717) is 11.8 Å². The van der Waals surface area contributed by atoms with Gasteiger partial charge in [-0.05, 0) is 11.8 Å². The Morgan fingerprint density at radius 2 is 1.75 bits per heavy atom. The van der Waals surface area contributed by atoms with Gasteiger partial charge >= 0.3 is 0 Å². The van der Waals surface area contributed by atoms with E-state index in [2.05, 4.69) is 13.8 Å². The second kappa shape index (κ2) is 1.47. The van der Waals surface area contributed by atoms with Crippen molar-refractivity contribution in [1.29, 1.82) is 0 Å². The molecule has 1 saturated carbocycles. The van der Waals surface area contributed by atoms with E-state index in [0.717, 1.165) is 0 Å². The molecule has 1 aliphatic rings. The van der Waals surface area contributed by atoms with E-state index < -0.39 is 0 Å². The van der Waals surface area contributed by atoms with Crippen molar-refractivity contribution in [3.63, 3.8) is 0 Å². The number of rotatable bonds is 1. The van der Waals surface area contributed by atoms with Gasteiger partial charge in [0.15, 0.2) is 0 Å². The predicted octanol–water partition coefficient (Wildman–Crippen LogP) is 0.374. The van der Waals surface area contributed by atoms with E-state index in [1.54, 1.807) is 0 Å². The maximum Gasteiger partial charge on any atom is 0.221 e. The predicted molar refractivity (Wildman–Crippen MR) is 31.0 cm³/mol. The number of primary amides is 1. The van der Waals surface area contributed by atoms with Crippen LogP contribution in [0.15, 0.2) is 0 Å². The lowest BCUT2D eigenvalue weighted by Crippen LogP contribution is -2.14. The Hall–Kier alpha value is -0.530. The van der Waals surface area contributed by atoms with Gasteiger partial charge in [0.2, 0.25) is 5.91 Å². The Morgan fingerprint density at radius 3 is 1.75 bits per heavy atom. The van der Waals surface area contributed by atoms with Crippen molar-refractivity contribution in [2.75, 3.05) is 0 Å². The molecule has 1 fully saturated rings. The van der Waals surface area contributed by atoms with Crippen molar-refractivity contribution in [3.8, 4) is 0 Å². The van der Waals surface area contributed by atoms with Crippen LogP contribution >= 0.6 is 0 Å². The summed E-state index contributed by atoms with van der Waals surface area (Å²) in [7, 11) is 0. The maximum absolute atomic E-state index is 10.4. The molecule has 0 radical (unpaired) electrons. The summed E-state index contributed by atoms with van der Waals surface area (Å²) in [4.78, 5) is 10.4. The molecule has 0 heterocycles. The van der Waals surface area contributed by atoms with E-state index in [4.69, 9.17) is 5.73 Å². The van der Waals surface area contributed by atoms with E-state index in [-0.39, 0.29) is 11.8 Å². The van der Waals surface area contributed by atoms with Crippen molar-refractivity contribution in [1.82, 2.24) is 0 Å². The molecule has 1 unspecified atom stereocenters. The van der Waals surface area contributed by atoms with Crippen LogP contribution in [0.2, 0.25) is 0 Å². The van der Waals surface area contributed by atoms with Gasteiger partial charge in [-0.3, -0.25) is 4.79 Å². The summed E-state index contributed by atoms with van der Waals surface area (Å²) in [6.45, 7) is 4.11. The van der Waals surface area contributed by atoms with Gasteiger partial charge in [0.25, 0.3) is 0 Å². The molecule has 1 rings (SSSR count). The first-order valence-corrected chi connectivity index (χ1v) is 2.94. The van der Waals surface area contributed by atoms with Crippen LogP contribution in [0.5, 0.6) is 0 Å². The molecule has 0 aromatic heterocycles. The van der Waals surface area contributed by atoms with Gasteiger partial charge in [0, 0.05) is 5.92 Å². The maximum atomic E-state index is 10.4. The largest absolute Gasteiger partial charge is 0.369 e. The van der Waals surface area contributed by atoms with Crippen LogP contribution in [0.4, 0.5) is 0 Å². The molecule has 0 saturated heterocycles. The van der Waals surface area contributed by atoms with E-state index in [1.165, 1.54) is 0 Å². The number of carbonyl (C=O) groups excluding carboxylic acids is 1. The molecule has 8 heavy (non-hydrogen) atoms. The molecule has 2 N–H and O–H groups in total. The third kappa shape index (κ3) is 0.602. The van der Waals surface area contributed by atoms with Gasteiger partial charge in [-0.15, -0.1) is 0 Å². The van der Waals surface area contributed by atoms with Crippen molar-refractivity contribution in [2.45, 2.75) is 13.8 Å². The Morgan fingerprint density at radius 1 is 1.38 bits per heavy atom. The molecule has 2 heteroatoms.